The molecule has 0 saturated heterocycles. The zero-order valence-electron chi connectivity index (χ0n) is 12.2. The van der Waals surface area contributed by atoms with Crippen LogP contribution < -0.4 is 0 Å². The topological polar surface area (TPSA) is 32.7 Å². The van der Waals surface area contributed by atoms with Crippen LogP contribution in [0, 0.1) is 11.8 Å². The van der Waals surface area contributed by atoms with Crippen molar-refractivity contribution in [2.75, 3.05) is 20.2 Å². The van der Waals surface area contributed by atoms with Crippen molar-refractivity contribution in [3.05, 3.63) is 35.9 Å². The van der Waals surface area contributed by atoms with Crippen LogP contribution in [0.5, 0.6) is 0 Å². The molecule has 0 aliphatic carbocycles. The van der Waals surface area contributed by atoms with Crippen LogP contribution in [-0.2, 0) is 11.3 Å². The van der Waals surface area contributed by atoms with Gasteiger partial charge in [0.2, 0.25) is 5.05 Å². The standard InChI is InChI=1S/C16H21NO2S/c1-16(2,10-9-15(18)20)17(3)11-12-19-13-14-7-5-4-6-8-14/h4-8H,11-13H2,1-3H3,(H,18,20). The second-order valence-electron chi connectivity index (χ2n) is 5.07. The molecule has 1 aromatic carbocycles. The maximum Gasteiger partial charge on any atom is 0.234 e. The monoisotopic (exact) mass is 291 g/mol. The Labute approximate surface area is 126 Å². The molecule has 20 heavy (non-hydrogen) atoms. The fraction of sp³-hybridized carbons (Fsp3) is 0.438. The molecule has 0 saturated carbocycles. The zero-order chi connectivity index (χ0) is 15.0. The number of hydrogen-bond donors (Lipinski definition) is 1. The van der Waals surface area contributed by atoms with E-state index in [4.69, 9.17) is 9.84 Å². The molecular weight excluding hydrogens is 270 g/mol. The highest BCUT2D eigenvalue weighted by Crippen LogP contribution is 2.10. The molecule has 0 heterocycles. The third-order valence-corrected chi connectivity index (χ3v) is 3.21. The summed E-state index contributed by atoms with van der Waals surface area (Å²) in [6.45, 7) is 5.96. The van der Waals surface area contributed by atoms with E-state index in [0.717, 1.165) is 6.54 Å². The summed E-state index contributed by atoms with van der Waals surface area (Å²) >= 11 is 4.55. The van der Waals surface area contributed by atoms with Crippen LogP contribution in [0.2, 0.25) is 0 Å². The molecule has 0 bridgehead atoms. The average Bonchev–Trinajstić information content (AvgIpc) is 2.42. The van der Waals surface area contributed by atoms with Gasteiger partial charge in [-0.1, -0.05) is 36.3 Å². The first kappa shape index (κ1) is 16.6. The largest absolute Gasteiger partial charge is 0.493 e. The number of ether oxygens (including phenoxy) is 1. The van der Waals surface area contributed by atoms with Gasteiger partial charge < -0.3 is 9.84 Å². The molecule has 1 rings (SSSR count). The molecule has 0 unspecified atom stereocenters. The molecule has 108 valence electrons. The highest BCUT2D eigenvalue weighted by atomic mass is 32.1. The van der Waals surface area contributed by atoms with Crippen LogP contribution in [0.4, 0.5) is 0 Å². The van der Waals surface area contributed by atoms with Crippen molar-refractivity contribution in [3.8, 4) is 11.8 Å². The lowest BCUT2D eigenvalue weighted by molar-refractivity contribution is 0.0815. The van der Waals surface area contributed by atoms with Gasteiger partial charge in [-0.15, -0.1) is 0 Å². The Balaban J connectivity index is 2.34. The van der Waals surface area contributed by atoms with E-state index in [1.54, 1.807) is 0 Å². The zero-order valence-corrected chi connectivity index (χ0v) is 13.0. The lowest BCUT2D eigenvalue weighted by Gasteiger charge is -2.30. The lowest BCUT2D eigenvalue weighted by atomic mass is 10.0. The fourth-order valence-electron chi connectivity index (χ4n) is 1.55. The maximum atomic E-state index is 8.95. The molecule has 0 aromatic heterocycles. The van der Waals surface area contributed by atoms with Crippen molar-refractivity contribution >= 4 is 17.3 Å². The van der Waals surface area contributed by atoms with Gasteiger partial charge in [-0.05, 0) is 44.6 Å². The van der Waals surface area contributed by atoms with E-state index < -0.39 is 0 Å². The number of thiocarbonyl (C=S) groups is 1. The van der Waals surface area contributed by atoms with Crippen LogP contribution in [0.3, 0.4) is 0 Å². The molecule has 0 spiro atoms. The predicted octanol–water partition coefficient (Wildman–Crippen LogP) is 2.80. The van der Waals surface area contributed by atoms with E-state index in [2.05, 4.69) is 29.0 Å². The number of aliphatic hydroxyl groups is 1. The lowest BCUT2D eigenvalue weighted by Crippen LogP contribution is -2.41. The number of likely N-dealkylation sites (N-methyl/N-ethyl adjacent to an activating group) is 1. The molecule has 0 aliphatic heterocycles. The first-order chi connectivity index (χ1) is 9.42. The van der Waals surface area contributed by atoms with E-state index in [9.17, 15) is 0 Å². The Bertz CT molecular complexity index is 488. The van der Waals surface area contributed by atoms with Crippen molar-refractivity contribution in [2.24, 2.45) is 0 Å². The van der Waals surface area contributed by atoms with Crippen molar-refractivity contribution in [2.45, 2.75) is 26.0 Å². The molecule has 0 radical (unpaired) electrons. The number of benzene rings is 1. The number of hydrogen-bond acceptors (Lipinski definition) is 3. The molecule has 0 amide bonds. The Hall–Kier alpha value is -1.41. The molecule has 0 fully saturated rings. The average molecular weight is 291 g/mol. The van der Waals surface area contributed by atoms with Crippen molar-refractivity contribution in [3.63, 3.8) is 0 Å². The van der Waals surface area contributed by atoms with Gasteiger partial charge in [0.15, 0.2) is 0 Å². The van der Waals surface area contributed by atoms with Crippen LogP contribution in [0.1, 0.15) is 19.4 Å². The van der Waals surface area contributed by atoms with Crippen molar-refractivity contribution in [1.82, 2.24) is 4.90 Å². The summed E-state index contributed by atoms with van der Waals surface area (Å²) in [6.07, 6.45) is 0. The Morgan fingerprint density at radius 3 is 2.60 bits per heavy atom. The molecule has 1 aromatic rings. The van der Waals surface area contributed by atoms with E-state index in [1.807, 2.05) is 51.2 Å². The maximum absolute atomic E-state index is 8.95. The highest BCUT2D eigenvalue weighted by Gasteiger charge is 2.20. The smallest absolute Gasteiger partial charge is 0.234 e. The van der Waals surface area contributed by atoms with Gasteiger partial charge in [0.05, 0.1) is 18.8 Å². The third kappa shape index (κ3) is 6.16. The Kier molecular flexibility index (Phi) is 6.66. The molecule has 3 nitrogen and oxygen atoms in total. The minimum atomic E-state index is -0.358. The highest BCUT2D eigenvalue weighted by molar-refractivity contribution is 7.80. The van der Waals surface area contributed by atoms with Crippen LogP contribution in [0.15, 0.2) is 30.3 Å². The molecule has 1 N–H and O–H groups in total. The second kappa shape index (κ2) is 8.01. The van der Waals surface area contributed by atoms with E-state index in [0.29, 0.717) is 13.2 Å². The summed E-state index contributed by atoms with van der Waals surface area (Å²) in [4.78, 5) is 2.07. The van der Waals surface area contributed by atoms with Gasteiger partial charge in [-0.3, -0.25) is 4.90 Å². The summed E-state index contributed by atoms with van der Waals surface area (Å²) in [5.74, 6) is 5.48. The molecule has 4 heteroatoms. The Morgan fingerprint density at radius 1 is 1.35 bits per heavy atom. The minimum Gasteiger partial charge on any atom is -0.493 e. The molecular formula is C16H21NO2S. The summed E-state index contributed by atoms with van der Waals surface area (Å²) < 4.78 is 5.65. The second-order valence-corrected chi connectivity index (χ2v) is 5.46. The van der Waals surface area contributed by atoms with E-state index in [-0.39, 0.29) is 10.6 Å². The summed E-state index contributed by atoms with van der Waals surface area (Å²) in [5.41, 5.74) is 0.808. The van der Waals surface area contributed by atoms with Crippen LogP contribution in [-0.4, -0.2) is 40.8 Å². The van der Waals surface area contributed by atoms with Gasteiger partial charge in [-0.25, -0.2) is 0 Å². The first-order valence-electron chi connectivity index (χ1n) is 6.51. The number of rotatable bonds is 6. The van der Waals surface area contributed by atoms with Gasteiger partial charge in [0.1, 0.15) is 0 Å². The van der Waals surface area contributed by atoms with Gasteiger partial charge in [0, 0.05) is 6.54 Å². The van der Waals surface area contributed by atoms with Gasteiger partial charge in [-0.2, -0.15) is 0 Å². The van der Waals surface area contributed by atoms with Gasteiger partial charge in [0.25, 0.3) is 0 Å². The quantitative estimate of drug-likeness (QED) is 0.496. The SMILES string of the molecule is CN(CCOCc1ccccc1)C(C)(C)C#CC(O)=S. The summed E-state index contributed by atoms with van der Waals surface area (Å²) in [6, 6.07) is 10.1. The normalized spacial score (nSPS) is 11.0. The third-order valence-electron chi connectivity index (χ3n) is 3.11. The number of aliphatic hydroxyl groups excluding tert-OH is 1. The summed E-state index contributed by atoms with van der Waals surface area (Å²) in [5, 5.41) is 8.68. The van der Waals surface area contributed by atoms with Crippen molar-refractivity contribution in [1.29, 1.82) is 0 Å². The number of nitrogens with zero attached hydrogens (tertiary/aromatic N) is 1. The van der Waals surface area contributed by atoms with E-state index >= 15 is 0 Å². The minimum absolute atomic E-state index is 0.271. The Morgan fingerprint density at radius 2 is 2.00 bits per heavy atom. The molecule has 0 aliphatic rings. The first-order valence-corrected chi connectivity index (χ1v) is 6.91. The van der Waals surface area contributed by atoms with Crippen LogP contribution in [0.25, 0.3) is 0 Å². The predicted molar refractivity (Wildman–Crippen MR) is 85.8 cm³/mol. The summed E-state index contributed by atoms with van der Waals surface area (Å²) in [7, 11) is 1.97. The molecule has 0 atom stereocenters. The van der Waals surface area contributed by atoms with Crippen LogP contribution >= 0.6 is 12.2 Å². The van der Waals surface area contributed by atoms with Crippen molar-refractivity contribution < 1.29 is 9.84 Å². The van der Waals surface area contributed by atoms with E-state index in [1.165, 1.54) is 5.56 Å². The fourth-order valence-corrected chi connectivity index (χ4v) is 1.60. The van der Waals surface area contributed by atoms with Gasteiger partial charge >= 0.3 is 0 Å².